The minimum Gasteiger partial charge on any atom is -0.324 e. The summed E-state index contributed by atoms with van der Waals surface area (Å²) in [5.41, 5.74) is 2.00. The molecule has 0 unspecified atom stereocenters. The van der Waals surface area contributed by atoms with Gasteiger partial charge in [-0.2, -0.15) is 0 Å². The number of hydrogen-bond acceptors (Lipinski definition) is 4. The third-order valence-electron chi connectivity index (χ3n) is 3.86. The van der Waals surface area contributed by atoms with Gasteiger partial charge < -0.3 is 4.84 Å². The summed E-state index contributed by atoms with van der Waals surface area (Å²) in [4.78, 5) is 41.7. The highest BCUT2D eigenvalue weighted by Crippen LogP contribution is 2.24. The molecule has 5 heteroatoms. The summed E-state index contributed by atoms with van der Waals surface area (Å²) in [7, 11) is 0. The van der Waals surface area contributed by atoms with E-state index in [4.69, 9.17) is 4.84 Å². The molecule has 0 fully saturated rings. The van der Waals surface area contributed by atoms with E-state index in [1.807, 2.05) is 12.1 Å². The number of nitrogens with zero attached hydrogens (tertiary/aromatic N) is 1. The molecule has 25 heavy (non-hydrogen) atoms. The zero-order valence-electron chi connectivity index (χ0n) is 14.4. The molecule has 128 valence electrons. The van der Waals surface area contributed by atoms with Gasteiger partial charge in [-0.05, 0) is 41.7 Å². The SMILES string of the molecule is CC(C)(C)Cc1ccc(C(=O)ON2C(=O)c3ccccc3C2=O)cc1. The van der Waals surface area contributed by atoms with Crippen LogP contribution in [0.4, 0.5) is 0 Å². The summed E-state index contributed by atoms with van der Waals surface area (Å²) in [5.74, 6) is -1.99. The molecule has 0 saturated heterocycles. The number of fused-ring (bicyclic) bond motifs is 1. The Morgan fingerprint density at radius 2 is 1.44 bits per heavy atom. The van der Waals surface area contributed by atoms with Gasteiger partial charge in [0, 0.05) is 0 Å². The number of carbonyl (C=O) groups is 3. The Morgan fingerprint density at radius 1 is 0.920 bits per heavy atom. The quantitative estimate of drug-likeness (QED) is 0.802. The molecule has 0 aliphatic carbocycles. The molecule has 1 aliphatic rings. The molecule has 2 amide bonds. The zero-order chi connectivity index (χ0) is 18.2. The van der Waals surface area contributed by atoms with E-state index in [2.05, 4.69) is 20.8 Å². The first-order chi connectivity index (χ1) is 11.8. The number of rotatable bonds is 3. The Bertz CT molecular complexity index is 812. The lowest BCUT2D eigenvalue weighted by Crippen LogP contribution is -2.32. The van der Waals surface area contributed by atoms with Crippen molar-refractivity contribution >= 4 is 17.8 Å². The van der Waals surface area contributed by atoms with Gasteiger partial charge in [-0.15, -0.1) is 0 Å². The second-order valence-electron chi connectivity index (χ2n) is 7.26. The fourth-order valence-corrected chi connectivity index (χ4v) is 2.76. The van der Waals surface area contributed by atoms with Crippen LogP contribution in [0.15, 0.2) is 48.5 Å². The van der Waals surface area contributed by atoms with Crippen molar-refractivity contribution in [2.75, 3.05) is 0 Å². The van der Waals surface area contributed by atoms with E-state index in [1.54, 1.807) is 24.3 Å². The van der Waals surface area contributed by atoms with Crippen molar-refractivity contribution in [2.24, 2.45) is 5.41 Å². The molecule has 0 N–H and O–H groups in total. The Balaban J connectivity index is 1.73. The second-order valence-corrected chi connectivity index (χ2v) is 7.26. The molecule has 2 aromatic carbocycles. The van der Waals surface area contributed by atoms with Gasteiger partial charge in [-0.25, -0.2) is 4.79 Å². The van der Waals surface area contributed by atoms with Crippen molar-refractivity contribution in [3.05, 3.63) is 70.8 Å². The van der Waals surface area contributed by atoms with Crippen molar-refractivity contribution in [3.8, 4) is 0 Å². The van der Waals surface area contributed by atoms with Crippen LogP contribution in [0.25, 0.3) is 0 Å². The first-order valence-electron chi connectivity index (χ1n) is 8.05. The maximum absolute atomic E-state index is 12.3. The molecule has 1 heterocycles. The van der Waals surface area contributed by atoms with Crippen LogP contribution >= 0.6 is 0 Å². The molecule has 0 spiro atoms. The first kappa shape index (κ1) is 16.9. The summed E-state index contributed by atoms with van der Waals surface area (Å²) in [6.07, 6.45) is 0.876. The van der Waals surface area contributed by atoms with Gasteiger partial charge in [-0.3, -0.25) is 9.59 Å². The van der Waals surface area contributed by atoms with E-state index >= 15 is 0 Å². The van der Waals surface area contributed by atoms with Crippen LogP contribution < -0.4 is 0 Å². The molecular weight excluding hydrogens is 318 g/mol. The molecule has 5 nitrogen and oxygen atoms in total. The maximum Gasteiger partial charge on any atom is 0.363 e. The molecule has 0 atom stereocenters. The highest BCUT2D eigenvalue weighted by molar-refractivity contribution is 6.21. The second kappa shape index (κ2) is 6.16. The van der Waals surface area contributed by atoms with E-state index in [-0.39, 0.29) is 22.1 Å². The van der Waals surface area contributed by atoms with Crippen molar-refractivity contribution in [2.45, 2.75) is 27.2 Å². The van der Waals surface area contributed by atoms with E-state index < -0.39 is 17.8 Å². The van der Waals surface area contributed by atoms with E-state index in [9.17, 15) is 14.4 Å². The van der Waals surface area contributed by atoms with Gasteiger partial charge in [0.1, 0.15) is 0 Å². The summed E-state index contributed by atoms with van der Waals surface area (Å²) >= 11 is 0. The van der Waals surface area contributed by atoms with Gasteiger partial charge in [0.25, 0.3) is 11.8 Å². The smallest absolute Gasteiger partial charge is 0.324 e. The molecule has 1 aliphatic heterocycles. The van der Waals surface area contributed by atoms with Crippen molar-refractivity contribution < 1.29 is 19.2 Å². The molecule has 2 aromatic rings. The van der Waals surface area contributed by atoms with Gasteiger partial charge in [0.15, 0.2) is 0 Å². The highest BCUT2D eigenvalue weighted by Gasteiger charge is 2.38. The number of hydroxylamine groups is 2. The fourth-order valence-electron chi connectivity index (χ4n) is 2.76. The molecule has 3 rings (SSSR count). The molecular formula is C20H19NO4. The van der Waals surface area contributed by atoms with Crippen LogP contribution in [-0.4, -0.2) is 22.8 Å². The van der Waals surface area contributed by atoms with Crippen LogP contribution in [-0.2, 0) is 11.3 Å². The standard InChI is InChI=1S/C20H19NO4/c1-20(2,3)12-13-8-10-14(11-9-13)19(24)25-21-17(22)15-6-4-5-7-16(15)18(21)23/h4-11H,12H2,1-3H3. The lowest BCUT2D eigenvalue weighted by atomic mass is 9.88. The Labute approximate surface area is 146 Å². The third-order valence-corrected chi connectivity index (χ3v) is 3.86. The normalized spacial score (nSPS) is 13.8. The zero-order valence-corrected chi connectivity index (χ0v) is 14.4. The van der Waals surface area contributed by atoms with Crippen LogP contribution in [0.3, 0.4) is 0 Å². The van der Waals surface area contributed by atoms with Gasteiger partial charge in [0.05, 0.1) is 16.7 Å². The maximum atomic E-state index is 12.3. The van der Waals surface area contributed by atoms with Gasteiger partial charge in [0.2, 0.25) is 0 Å². The molecule has 0 bridgehead atoms. The van der Waals surface area contributed by atoms with Crippen molar-refractivity contribution in [3.63, 3.8) is 0 Å². The lowest BCUT2D eigenvalue weighted by Gasteiger charge is -2.18. The van der Waals surface area contributed by atoms with Crippen molar-refractivity contribution in [1.82, 2.24) is 5.06 Å². The van der Waals surface area contributed by atoms with E-state index in [1.165, 1.54) is 12.1 Å². The Kier molecular flexibility index (Phi) is 4.17. The number of imide groups is 1. The number of amides is 2. The minimum atomic E-state index is -0.739. The lowest BCUT2D eigenvalue weighted by molar-refractivity contribution is -0.0584. The molecule has 0 aromatic heterocycles. The monoisotopic (exact) mass is 337 g/mol. The Morgan fingerprint density at radius 3 is 1.92 bits per heavy atom. The molecule has 0 saturated carbocycles. The predicted molar refractivity (Wildman–Crippen MR) is 92.0 cm³/mol. The summed E-state index contributed by atoms with van der Waals surface area (Å²) < 4.78 is 0. The van der Waals surface area contributed by atoms with Gasteiger partial charge in [-0.1, -0.05) is 50.1 Å². The van der Waals surface area contributed by atoms with E-state index in [0.29, 0.717) is 5.06 Å². The predicted octanol–water partition coefficient (Wildman–Crippen LogP) is 3.64. The van der Waals surface area contributed by atoms with Crippen molar-refractivity contribution in [1.29, 1.82) is 0 Å². The first-order valence-corrected chi connectivity index (χ1v) is 8.05. The topological polar surface area (TPSA) is 63.7 Å². The van der Waals surface area contributed by atoms with Crippen LogP contribution in [0.1, 0.15) is 57.4 Å². The fraction of sp³-hybridized carbons (Fsp3) is 0.250. The van der Waals surface area contributed by atoms with Gasteiger partial charge >= 0.3 is 5.97 Å². The minimum absolute atomic E-state index is 0.141. The number of hydrogen-bond donors (Lipinski definition) is 0. The van der Waals surface area contributed by atoms with Crippen LogP contribution in [0.2, 0.25) is 0 Å². The molecule has 0 radical (unpaired) electrons. The van der Waals surface area contributed by atoms with E-state index in [0.717, 1.165) is 12.0 Å². The average molecular weight is 337 g/mol. The summed E-state index contributed by atoms with van der Waals surface area (Å²) in [5, 5.41) is 0.524. The van der Waals surface area contributed by atoms with Crippen LogP contribution in [0.5, 0.6) is 0 Å². The van der Waals surface area contributed by atoms with Crippen LogP contribution in [0, 0.1) is 5.41 Å². The summed E-state index contributed by atoms with van der Waals surface area (Å²) in [6, 6.07) is 13.4. The summed E-state index contributed by atoms with van der Waals surface area (Å²) in [6.45, 7) is 6.41. The number of carbonyl (C=O) groups excluding carboxylic acids is 3. The highest BCUT2D eigenvalue weighted by atomic mass is 16.7. The third kappa shape index (κ3) is 3.45. The average Bonchev–Trinajstić information content (AvgIpc) is 2.79. The number of benzene rings is 2. The Hall–Kier alpha value is -2.95. The largest absolute Gasteiger partial charge is 0.363 e.